The van der Waals surface area contributed by atoms with Crippen LogP contribution >= 0.6 is 0 Å². The van der Waals surface area contributed by atoms with E-state index >= 15 is 0 Å². The van der Waals surface area contributed by atoms with Gasteiger partial charge in [-0.05, 0) is 45.4 Å². The zero-order valence-corrected chi connectivity index (χ0v) is 9.18. The van der Waals surface area contributed by atoms with Crippen LogP contribution in [0.15, 0.2) is 0 Å². The molecule has 1 fully saturated rings. The van der Waals surface area contributed by atoms with Crippen molar-refractivity contribution in [2.45, 2.75) is 45.6 Å². The highest BCUT2D eigenvalue weighted by atomic mass is 15.2. The van der Waals surface area contributed by atoms with Crippen molar-refractivity contribution in [1.82, 2.24) is 10.2 Å². The quantitative estimate of drug-likeness (QED) is 0.656. The van der Waals surface area contributed by atoms with E-state index in [4.69, 9.17) is 0 Å². The second kappa shape index (κ2) is 6.39. The minimum absolute atomic E-state index is 0.859. The predicted octanol–water partition coefficient (Wildman–Crippen LogP) is 1.86. The molecule has 1 aliphatic rings. The summed E-state index contributed by atoms with van der Waals surface area (Å²) in [6.07, 6.45) is 5.60. The molecule has 2 nitrogen and oxygen atoms in total. The number of hydrogen-bond donors (Lipinski definition) is 1. The van der Waals surface area contributed by atoms with Gasteiger partial charge in [0.15, 0.2) is 0 Å². The largest absolute Gasteiger partial charge is 0.317 e. The lowest BCUT2D eigenvalue weighted by molar-refractivity contribution is 0.148. The Kier molecular flexibility index (Phi) is 5.40. The third kappa shape index (κ3) is 3.65. The third-order valence-electron chi connectivity index (χ3n) is 3.06. The molecule has 0 aromatic carbocycles. The van der Waals surface area contributed by atoms with Gasteiger partial charge < -0.3 is 10.2 Å². The second-order valence-electron chi connectivity index (χ2n) is 3.92. The summed E-state index contributed by atoms with van der Waals surface area (Å²) in [5.41, 5.74) is 0. The molecule has 78 valence electrons. The maximum Gasteiger partial charge on any atom is 0.0107 e. The molecule has 0 aromatic rings. The van der Waals surface area contributed by atoms with Gasteiger partial charge in [0.05, 0.1) is 0 Å². The first-order valence-corrected chi connectivity index (χ1v) is 5.83. The van der Waals surface area contributed by atoms with E-state index < -0.39 is 0 Å². The van der Waals surface area contributed by atoms with Gasteiger partial charge in [-0.3, -0.25) is 0 Å². The summed E-state index contributed by atoms with van der Waals surface area (Å²) in [7, 11) is 0. The Balaban J connectivity index is 2.19. The maximum absolute atomic E-state index is 3.41. The number of nitrogens with zero attached hydrogens (tertiary/aromatic N) is 1. The van der Waals surface area contributed by atoms with E-state index in [-0.39, 0.29) is 0 Å². The van der Waals surface area contributed by atoms with Crippen LogP contribution in [-0.4, -0.2) is 37.1 Å². The number of rotatable bonds is 5. The smallest absolute Gasteiger partial charge is 0.0107 e. The summed E-state index contributed by atoms with van der Waals surface area (Å²) in [6, 6.07) is 0.859. The van der Waals surface area contributed by atoms with Crippen molar-refractivity contribution in [1.29, 1.82) is 0 Å². The predicted molar refractivity (Wildman–Crippen MR) is 58.0 cm³/mol. The molecular weight excluding hydrogens is 160 g/mol. The Bertz CT molecular complexity index is 125. The lowest BCUT2D eigenvalue weighted by Crippen LogP contribution is -2.40. The van der Waals surface area contributed by atoms with Crippen LogP contribution in [-0.2, 0) is 0 Å². The van der Waals surface area contributed by atoms with E-state index in [0.717, 1.165) is 12.6 Å². The monoisotopic (exact) mass is 184 g/mol. The van der Waals surface area contributed by atoms with Gasteiger partial charge >= 0.3 is 0 Å². The Labute approximate surface area is 82.7 Å². The molecule has 0 spiro atoms. The van der Waals surface area contributed by atoms with Gasteiger partial charge in [-0.1, -0.05) is 20.3 Å². The van der Waals surface area contributed by atoms with E-state index in [9.17, 15) is 0 Å². The molecule has 1 unspecified atom stereocenters. The first-order chi connectivity index (χ1) is 6.38. The van der Waals surface area contributed by atoms with E-state index in [1.165, 1.54) is 45.3 Å². The number of piperidine rings is 1. The minimum Gasteiger partial charge on any atom is -0.317 e. The molecular formula is C11H24N2. The fourth-order valence-electron chi connectivity index (χ4n) is 2.25. The lowest BCUT2D eigenvalue weighted by atomic mass is 9.99. The van der Waals surface area contributed by atoms with E-state index in [1.807, 2.05) is 0 Å². The van der Waals surface area contributed by atoms with E-state index in [1.54, 1.807) is 0 Å². The maximum atomic E-state index is 3.41. The Hall–Kier alpha value is -0.0800. The average molecular weight is 184 g/mol. The van der Waals surface area contributed by atoms with Crippen molar-refractivity contribution in [2.75, 3.05) is 26.2 Å². The molecule has 0 saturated carbocycles. The molecule has 0 amide bonds. The summed E-state index contributed by atoms with van der Waals surface area (Å²) in [4.78, 5) is 2.64. The van der Waals surface area contributed by atoms with Crippen LogP contribution in [0.25, 0.3) is 0 Å². The van der Waals surface area contributed by atoms with Crippen LogP contribution in [0, 0.1) is 0 Å². The highest BCUT2D eigenvalue weighted by Gasteiger charge is 2.19. The number of nitrogens with one attached hydrogen (secondary N) is 1. The minimum atomic E-state index is 0.859. The fraction of sp³-hybridized carbons (Fsp3) is 1.00. The summed E-state index contributed by atoms with van der Waals surface area (Å²) < 4.78 is 0. The highest BCUT2D eigenvalue weighted by molar-refractivity contribution is 4.76. The molecule has 1 heterocycles. The highest BCUT2D eigenvalue weighted by Crippen LogP contribution is 2.18. The van der Waals surface area contributed by atoms with Crippen LogP contribution < -0.4 is 5.32 Å². The first-order valence-electron chi connectivity index (χ1n) is 5.83. The van der Waals surface area contributed by atoms with Gasteiger partial charge in [-0.2, -0.15) is 0 Å². The number of likely N-dealkylation sites (tertiary alicyclic amines) is 1. The van der Waals surface area contributed by atoms with Crippen molar-refractivity contribution < 1.29 is 0 Å². The van der Waals surface area contributed by atoms with Crippen molar-refractivity contribution in [3.8, 4) is 0 Å². The average Bonchev–Trinajstić information content (AvgIpc) is 2.19. The molecule has 1 rings (SSSR count). The molecule has 0 aliphatic carbocycles. The normalized spacial score (nSPS) is 24.9. The molecule has 0 bridgehead atoms. The fourth-order valence-corrected chi connectivity index (χ4v) is 2.25. The van der Waals surface area contributed by atoms with Crippen molar-refractivity contribution >= 4 is 0 Å². The standard InChI is InChI=1S/C11H24N2/c1-3-12-9-8-11-7-5-6-10-13(11)4-2/h11-12H,3-10H2,1-2H3. The van der Waals surface area contributed by atoms with Gasteiger partial charge in [-0.15, -0.1) is 0 Å². The Morgan fingerprint density at radius 2 is 2.15 bits per heavy atom. The van der Waals surface area contributed by atoms with E-state index in [0.29, 0.717) is 0 Å². The van der Waals surface area contributed by atoms with Crippen LogP contribution in [0.1, 0.15) is 39.5 Å². The number of hydrogen-bond acceptors (Lipinski definition) is 2. The van der Waals surface area contributed by atoms with Crippen molar-refractivity contribution in [2.24, 2.45) is 0 Å². The summed E-state index contributed by atoms with van der Waals surface area (Å²) in [5.74, 6) is 0. The molecule has 0 aromatic heterocycles. The molecule has 2 heteroatoms. The Morgan fingerprint density at radius 1 is 1.31 bits per heavy atom. The lowest BCUT2D eigenvalue weighted by Gasteiger charge is -2.34. The zero-order valence-electron chi connectivity index (χ0n) is 9.18. The van der Waals surface area contributed by atoms with Gasteiger partial charge in [0.2, 0.25) is 0 Å². The van der Waals surface area contributed by atoms with Crippen LogP contribution in [0.5, 0.6) is 0 Å². The van der Waals surface area contributed by atoms with E-state index in [2.05, 4.69) is 24.1 Å². The topological polar surface area (TPSA) is 15.3 Å². The summed E-state index contributed by atoms with van der Waals surface area (Å²) in [5, 5.41) is 3.41. The van der Waals surface area contributed by atoms with Gasteiger partial charge in [-0.25, -0.2) is 0 Å². The Morgan fingerprint density at radius 3 is 2.85 bits per heavy atom. The second-order valence-corrected chi connectivity index (χ2v) is 3.92. The molecule has 1 N–H and O–H groups in total. The summed E-state index contributed by atoms with van der Waals surface area (Å²) >= 11 is 0. The zero-order chi connectivity index (χ0) is 9.52. The summed E-state index contributed by atoms with van der Waals surface area (Å²) in [6.45, 7) is 9.32. The SMILES string of the molecule is CCNCCC1CCCCN1CC. The third-order valence-corrected chi connectivity index (χ3v) is 3.06. The molecule has 0 radical (unpaired) electrons. The van der Waals surface area contributed by atoms with Gasteiger partial charge in [0, 0.05) is 6.04 Å². The van der Waals surface area contributed by atoms with Crippen LogP contribution in [0.4, 0.5) is 0 Å². The molecule has 1 saturated heterocycles. The van der Waals surface area contributed by atoms with Crippen LogP contribution in [0.3, 0.4) is 0 Å². The van der Waals surface area contributed by atoms with Gasteiger partial charge in [0.25, 0.3) is 0 Å². The van der Waals surface area contributed by atoms with Crippen LogP contribution in [0.2, 0.25) is 0 Å². The first kappa shape index (κ1) is 11.0. The van der Waals surface area contributed by atoms with Gasteiger partial charge in [0.1, 0.15) is 0 Å². The van der Waals surface area contributed by atoms with Crippen molar-refractivity contribution in [3.05, 3.63) is 0 Å². The molecule has 1 atom stereocenters. The van der Waals surface area contributed by atoms with Crippen molar-refractivity contribution in [3.63, 3.8) is 0 Å². The molecule has 13 heavy (non-hydrogen) atoms. The molecule has 1 aliphatic heterocycles.